The molecule has 0 aliphatic heterocycles. The van der Waals surface area contributed by atoms with E-state index in [1.165, 1.54) is 4.88 Å². The normalized spacial score (nSPS) is 13.6. The van der Waals surface area contributed by atoms with E-state index >= 15 is 0 Å². The molecule has 0 saturated heterocycles. The van der Waals surface area contributed by atoms with Gasteiger partial charge in [-0.05, 0) is 31.1 Å². The highest BCUT2D eigenvalue weighted by Crippen LogP contribution is 2.22. The number of likely N-dealkylation sites (N-methyl/N-ethyl adjacent to an activating group) is 1. The van der Waals surface area contributed by atoms with Gasteiger partial charge in [0.05, 0.1) is 18.7 Å². The van der Waals surface area contributed by atoms with Gasteiger partial charge in [-0.3, -0.25) is 0 Å². The summed E-state index contributed by atoms with van der Waals surface area (Å²) in [4.78, 5) is 15.4. The average molecular weight is 333 g/mol. The second kappa shape index (κ2) is 8.67. The minimum absolute atomic E-state index is 0.130. The fraction of sp³-hybridized carbons (Fsp3) is 0.353. The van der Waals surface area contributed by atoms with Gasteiger partial charge in [-0.2, -0.15) is 0 Å². The maximum Gasteiger partial charge on any atom is 0.315 e. The summed E-state index contributed by atoms with van der Waals surface area (Å²) in [6.45, 7) is 0.367. The number of amides is 2. The van der Waals surface area contributed by atoms with Crippen LogP contribution in [0.5, 0.6) is 0 Å². The average Bonchev–Trinajstić information content (AvgIpc) is 3.07. The molecule has 2 aromatic rings. The largest absolute Gasteiger partial charge is 0.394 e. The van der Waals surface area contributed by atoms with Gasteiger partial charge in [-0.15, -0.1) is 11.3 Å². The van der Waals surface area contributed by atoms with E-state index in [2.05, 4.69) is 21.6 Å². The Kier molecular flexibility index (Phi) is 6.58. The summed E-state index contributed by atoms with van der Waals surface area (Å²) in [6.07, 6.45) is 0. The molecule has 2 amide bonds. The fourth-order valence-electron chi connectivity index (χ4n) is 2.34. The first-order chi connectivity index (χ1) is 11.1. The van der Waals surface area contributed by atoms with Gasteiger partial charge < -0.3 is 20.6 Å². The summed E-state index contributed by atoms with van der Waals surface area (Å²) in [5.74, 6) is 0. The summed E-state index contributed by atoms with van der Waals surface area (Å²) in [5, 5.41) is 17.2. The molecule has 0 aliphatic carbocycles. The van der Waals surface area contributed by atoms with Crippen LogP contribution in [0.15, 0.2) is 47.8 Å². The smallest absolute Gasteiger partial charge is 0.315 e. The van der Waals surface area contributed by atoms with E-state index < -0.39 is 6.04 Å². The molecule has 23 heavy (non-hydrogen) atoms. The lowest BCUT2D eigenvalue weighted by atomic mass is 10.1. The van der Waals surface area contributed by atoms with Crippen molar-refractivity contribution in [3.63, 3.8) is 0 Å². The van der Waals surface area contributed by atoms with Crippen LogP contribution < -0.4 is 10.6 Å². The molecule has 5 nitrogen and oxygen atoms in total. The van der Waals surface area contributed by atoms with Crippen LogP contribution in [0.3, 0.4) is 0 Å². The quantitative estimate of drug-likeness (QED) is 0.729. The monoisotopic (exact) mass is 333 g/mol. The van der Waals surface area contributed by atoms with E-state index in [1.807, 2.05) is 55.9 Å². The van der Waals surface area contributed by atoms with Crippen LogP contribution in [0.25, 0.3) is 0 Å². The highest BCUT2D eigenvalue weighted by molar-refractivity contribution is 7.10. The van der Waals surface area contributed by atoms with E-state index in [-0.39, 0.29) is 18.7 Å². The van der Waals surface area contributed by atoms with E-state index in [1.54, 1.807) is 11.3 Å². The number of rotatable bonds is 7. The number of aliphatic hydroxyl groups is 1. The van der Waals surface area contributed by atoms with Crippen LogP contribution in [0.4, 0.5) is 4.79 Å². The second-order valence-electron chi connectivity index (χ2n) is 5.50. The summed E-state index contributed by atoms with van der Waals surface area (Å²) < 4.78 is 0. The van der Waals surface area contributed by atoms with E-state index in [4.69, 9.17) is 0 Å². The van der Waals surface area contributed by atoms with Crippen molar-refractivity contribution in [2.24, 2.45) is 0 Å². The number of benzene rings is 1. The summed E-state index contributed by atoms with van der Waals surface area (Å²) in [5.41, 5.74) is 0.882. The third kappa shape index (κ3) is 5.06. The van der Waals surface area contributed by atoms with Crippen molar-refractivity contribution in [2.75, 3.05) is 27.2 Å². The van der Waals surface area contributed by atoms with Gasteiger partial charge in [0, 0.05) is 11.4 Å². The Bertz CT molecular complexity index is 587. The highest BCUT2D eigenvalue weighted by Gasteiger charge is 2.18. The maximum absolute atomic E-state index is 12.1. The van der Waals surface area contributed by atoms with Crippen molar-refractivity contribution in [2.45, 2.75) is 12.1 Å². The SMILES string of the molecule is CN(C)C(CNC(=O)NC(CO)c1ccccc1)c1cccs1. The number of hydrogen-bond acceptors (Lipinski definition) is 4. The maximum atomic E-state index is 12.1. The number of thiophene rings is 1. The first kappa shape index (κ1) is 17.5. The van der Waals surface area contributed by atoms with Crippen LogP contribution in [0, 0.1) is 0 Å². The lowest BCUT2D eigenvalue weighted by molar-refractivity contribution is 0.212. The van der Waals surface area contributed by atoms with Gasteiger partial charge in [0.15, 0.2) is 0 Å². The Morgan fingerprint density at radius 2 is 1.96 bits per heavy atom. The molecule has 0 aliphatic rings. The van der Waals surface area contributed by atoms with Gasteiger partial charge in [0.2, 0.25) is 0 Å². The molecule has 6 heteroatoms. The van der Waals surface area contributed by atoms with Crippen LogP contribution in [-0.2, 0) is 0 Å². The molecule has 0 spiro atoms. The Balaban J connectivity index is 1.91. The number of carbonyl (C=O) groups excluding carboxylic acids is 1. The van der Waals surface area contributed by atoms with Gasteiger partial charge >= 0.3 is 6.03 Å². The molecule has 2 unspecified atom stereocenters. The molecule has 0 radical (unpaired) electrons. The van der Waals surface area contributed by atoms with Gasteiger partial charge in [-0.25, -0.2) is 4.79 Å². The highest BCUT2D eigenvalue weighted by atomic mass is 32.1. The Labute approximate surface area is 140 Å². The Hall–Kier alpha value is -1.89. The molecular formula is C17H23N3O2S. The zero-order valence-electron chi connectivity index (χ0n) is 13.4. The number of hydrogen-bond donors (Lipinski definition) is 3. The van der Waals surface area contributed by atoms with Crippen LogP contribution in [0.1, 0.15) is 22.5 Å². The molecule has 2 atom stereocenters. The van der Waals surface area contributed by atoms with Crippen LogP contribution in [0.2, 0.25) is 0 Å². The fourth-order valence-corrected chi connectivity index (χ4v) is 3.26. The minimum atomic E-state index is -0.407. The number of aliphatic hydroxyl groups excluding tert-OH is 1. The summed E-state index contributed by atoms with van der Waals surface area (Å²) in [6, 6.07) is 13.0. The molecule has 0 saturated carbocycles. The predicted molar refractivity (Wildman–Crippen MR) is 93.6 cm³/mol. The lowest BCUT2D eigenvalue weighted by Crippen LogP contribution is -2.42. The zero-order chi connectivity index (χ0) is 16.7. The first-order valence-electron chi connectivity index (χ1n) is 7.51. The second-order valence-corrected chi connectivity index (χ2v) is 6.47. The number of nitrogens with one attached hydrogen (secondary N) is 2. The van der Waals surface area contributed by atoms with Gasteiger partial charge in [0.25, 0.3) is 0 Å². The van der Waals surface area contributed by atoms with Gasteiger partial charge in [-0.1, -0.05) is 36.4 Å². The number of carbonyl (C=O) groups is 1. The van der Waals surface area contributed by atoms with E-state index in [0.29, 0.717) is 6.54 Å². The molecule has 2 rings (SSSR count). The number of nitrogens with zero attached hydrogens (tertiary/aromatic N) is 1. The first-order valence-corrected chi connectivity index (χ1v) is 8.39. The lowest BCUT2D eigenvalue weighted by Gasteiger charge is -2.24. The molecule has 1 heterocycles. The third-order valence-corrected chi connectivity index (χ3v) is 4.61. The van der Waals surface area contributed by atoms with Crippen LogP contribution in [-0.4, -0.2) is 43.3 Å². The standard InChI is InChI=1S/C17H23N3O2S/c1-20(2)15(16-9-6-10-23-16)11-18-17(22)19-14(12-21)13-7-4-3-5-8-13/h3-10,14-15,21H,11-12H2,1-2H3,(H2,18,19,22). The third-order valence-electron chi connectivity index (χ3n) is 3.64. The summed E-state index contributed by atoms with van der Waals surface area (Å²) in [7, 11) is 3.98. The van der Waals surface area contributed by atoms with Gasteiger partial charge in [0.1, 0.15) is 0 Å². The van der Waals surface area contributed by atoms with Crippen molar-refractivity contribution in [3.05, 3.63) is 58.3 Å². The number of urea groups is 1. The van der Waals surface area contributed by atoms with Crippen LogP contribution >= 0.6 is 11.3 Å². The molecule has 1 aromatic carbocycles. The Morgan fingerprint density at radius 3 is 2.52 bits per heavy atom. The van der Waals surface area contributed by atoms with Crippen molar-refractivity contribution < 1.29 is 9.90 Å². The van der Waals surface area contributed by atoms with Crippen molar-refractivity contribution >= 4 is 17.4 Å². The Morgan fingerprint density at radius 1 is 1.22 bits per heavy atom. The van der Waals surface area contributed by atoms with Crippen molar-refractivity contribution in [1.29, 1.82) is 0 Å². The van der Waals surface area contributed by atoms with Crippen molar-refractivity contribution in [1.82, 2.24) is 15.5 Å². The predicted octanol–water partition coefficient (Wildman–Crippen LogP) is 2.38. The molecule has 1 aromatic heterocycles. The summed E-state index contributed by atoms with van der Waals surface area (Å²) >= 11 is 1.67. The topological polar surface area (TPSA) is 64.6 Å². The molecule has 0 fully saturated rings. The zero-order valence-corrected chi connectivity index (χ0v) is 14.2. The van der Waals surface area contributed by atoms with E-state index in [9.17, 15) is 9.90 Å². The molecule has 0 bridgehead atoms. The van der Waals surface area contributed by atoms with E-state index in [0.717, 1.165) is 5.56 Å². The van der Waals surface area contributed by atoms with Crippen molar-refractivity contribution in [3.8, 4) is 0 Å². The minimum Gasteiger partial charge on any atom is -0.394 e. The molecule has 3 N–H and O–H groups in total. The molecular weight excluding hydrogens is 310 g/mol. The molecule has 124 valence electrons.